The molecule has 1 aliphatic rings. The van der Waals surface area contributed by atoms with Crippen molar-refractivity contribution < 1.29 is 23.5 Å². The lowest BCUT2D eigenvalue weighted by atomic mass is 10.3. The number of imide groups is 1. The predicted molar refractivity (Wildman–Crippen MR) is 76.4 cm³/mol. The van der Waals surface area contributed by atoms with Crippen LogP contribution in [0.1, 0.15) is 13.3 Å². The highest BCUT2D eigenvalue weighted by molar-refractivity contribution is 8.01. The van der Waals surface area contributed by atoms with Gasteiger partial charge in [-0.25, -0.2) is 9.29 Å². The Morgan fingerprint density at radius 3 is 2.67 bits per heavy atom. The Bertz CT molecular complexity index is 561. The van der Waals surface area contributed by atoms with Gasteiger partial charge in [0.25, 0.3) is 0 Å². The summed E-state index contributed by atoms with van der Waals surface area (Å²) in [6.07, 6.45) is 0.0281. The SMILES string of the molecule is CCOC(=O)CSC1CC(=O)N(c2ccc(F)cc2)C1=O. The number of halogens is 1. The van der Waals surface area contributed by atoms with E-state index in [1.54, 1.807) is 6.92 Å². The van der Waals surface area contributed by atoms with Gasteiger partial charge in [0.2, 0.25) is 11.8 Å². The van der Waals surface area contributed by atoms with E-state index in [0.29, 0.717) is 5.69 Å². The average Bonchev–Trinajstić information content (AvgIpc) is 2.73. The Balaban J connectivity index is 2.03. The first-order valence-corrected chi connectivity index (χ1v) is 7.47. The number of benzene rings is 1. The van der Waals surface area contributed by atoms with Crippen LogP contribution in [-0.2, 0) is 19.1 Å². The molecule has 1 heterocycles. The molecule has 2 rings (SSSR count). The van der Waals surface area contributed by atoms with E-state index in [-0.39, 0.29) is 30.6 Å². The van der Waals surface area contributed by atoms with Gasteiger partial charge in [0.05, 0.1) is 23.3 Å². The summed E-state index contributed by atoms with van der Waals surface area (Å²) in [5.41, 5.74) is 0.339. The molecule has 2 amide bonds. The first kappa shape index (κ1) is 15.5. The zero-order valence-electron chi connectivity index (χ0n) is 11.4. The maximum absolute atomic E-state index is 12.9. The van der Waals surface area contributed by atoms with Crippen LogP contribution in [0.5, 0.6) is 0 Å². The van der Waals surface area contributed by atoms with Crippen LogP contribution >= 0.6 is 11.8 Å². The van der Waals surface area contributed by atoms with Gasteiger partial charge >= 0.3 is 5.97 Å². The van der Waals surface area contributed by atoms with Crippen LogP contribution in [0.2, 0.25) is 0 Å². The summed E-state index contributed by atoms with van der Waals surface area (Å²) in [7, 11) is 0. The molecular weight excluding hydrogens is 297 g/mol. The summed E-state index contributed by atoms with van der Waals surface area (Å²) in [5.74, 6) is -1.57. The van der Waals surface area contributed by atoms with E-state index in [0.717, 1.165) is 16.7 Å². The van der Waals surface area contributed by atoms with Crippen LogP contribution in [0.3, 0.4) is 0 Å². The quantitative estimate of drug-likeness (QED) is 0.612. The van der Waals surface area contributed by atoms with Crippen molar-refractivity contribution in [1.82, 2.24) is 0 Å². The fourth-order valence-electron chi connectivity index (χ4n) is 1.97. The first-order valence-electron chi connectivity index (χ1n) is 6.42. The van der Waals surface area contributed by atoms with Gasteiger partial charge in [0, 0.05) is 6.42 Å². The van der Waals surface area contributed by atoms with Gasteiger partial charge in [-0.05, 0) is 31.2 Å². The van der Waals surface area contributed by atoms with Crippen LogP contribution in [0, 0.1) is 5.82 Å². The zero-order chi connectivity index (χ0) is 15.4. The van der Waals surface area contributed by atoms with Gasteiger partial charge in [-0.1, -0.05) is 0 Å². The molecule has 1 fully saturated rings. The topological polar surface area (TPSA) is 63.7 Å². The van der Waals surface area contributed by atoms with Gasteiger partial charge in [-0.15, -0.1) is 11.8 Å². The molecule has 0 aromatic heterocycles. The van der Waals surface area contributed by atoms with Crippen LogP contribution < -0.4 is 4.90 Å². The molecule has 0 radical (unpaired) electrons. The van der Waals surface area contributed by atoms with E-state index in [1.165, 1.54) is 24.3 Å². The third-order valence-electron chi connectivity index (χ3n) is 2.90. The Morgan fingerprint density at radius 1 is 1.38 bits per heavy atom. The van der Waals surface area contributed by atoms with Gasteiger partial charge in [0.15, 0.2) is 0 Å². The Morgan fingerprint density at radius 2 is 2.05 bits per heavy atom. The number of hydrogen-bond acceptors (Lipinski definition) is 5. The minimum atomic E-state index is -0.605. The summed E-state index contributed by atoms with van der Waals surface area (Å²) in [6, 6.07) is 5.14. The average molecular weight is 311 g/mol. The van der Waals surface area contributed by atoms with E-state index in [1.807, 2.05) is 0 Å². The van der Waals surface area contributed by atoms with Crippen LogP contribution in [0.15, 0.2) is 24.3 Å². The van der Waals surface area contributed by atoms with E-state index in [2.05, 4.69) is 0 Å². The molecule has 1 aromatic rings. The second-order valence-corrected chi connectivity index (χ2v) is 5.54. The Hall–Kier alpha value is -1.89. The second-order valence-electron chi connectivity index (χ2n) is 4.35. The van der Waals surface area contributed by atoms with E-state index < -0.39 is 17.0 Å². The number of rotatable bonds is 5. The van der Waals surface area contributed by atoms with E-state index >= 15 is 0 Å². The predicted octanol–water partition coefficient (Wildman–Crippen LogP) is 1.75. The number of thioether (sulfide) groups is 1. The van der Waals surface area contributed by atoms with Crippen LogP contribution in [0.4, 0.5) is 10.1 Å². The van der Waals surface area contributed by atoms with E-state index in [9.17, 15) is 18.8 Å². The molecule has 1 saturated heterocycles. The molecule has 1 aromatic carbocycles. The van der Waals surface area contributed by atoms with Gasteiger partial charge < -0.3 is 4.74 Å². The van der Waals surface area contributed by atoms with E-state index in [4.69, 9.17) is 4.74 Å². The minimum absolute atomic E-state index is 0.0226. The number of amides is 2. The lowest BCUT2D eigenvalue weighted by molar-refractivity contribution is -0.139. The van der Waals surface area contributed by atoms with Crippen molar-refractivity contribution in [2.45, 2.75) is 18.6 Å². The number of anilines is 1. The number of nitrogens with zero attached hydrogens (tertiary/aromatic N) is 1. The van der Waals surface area contributed by atoms with Crippen LogP contribution in [-0.4, -0.2) is 35.4 Å². The summed E-state index contributed by atoms with van der Waals surface area (Å²) in [4.78, 5) is 36.5. The van der Waals surface area contributed by atoms with Crippen molar-refractivity contribution in [2.24, 2.45) is 0 Å². The zero-order valence-corrected chi connectivity index (χ0v) is 12.2. The highest BCUT2D eigenvalue weighted by Crippen LogP contribution is 2.29. The summed E-state index contributed by atoms with van der Waals surface area (Å²) >= 11 is 1.08. The lowest BCUT2D eigenvalue weighted by Gasteiger charge is -2.14. The third-order valence-corrected chi connectivity index (χ3v) is 4.07. The molecule has 21 heavy (non-hydrogen) atoms. The fourth-order valence-corrected chi connectivity index (χ4v) is 2.90. The molecule has 0 bridgehead atoms. The van der Waals surface area contributed by atoms with Crippen molar-refractivity contribution in [3.63, 3.8) is 0 Å². The molecular formula is C14H14FNO4S. The standard InChI is InChI=1S/C14H14FNO4S/c1-2-20-13(18)8-21-11-7-12(17)16(14(11)19)10-5-3-9(15)4-6-10/h3-6,11H,2,7-8H2,1H3. The van der Waals surface area contributed by atoms with Gasteiger partial charge in [-0.3, -0.25) is 14.4 Å². The molecule has 0 N–H and O–H groups in total. The fraction of sp³-hybridized carbons (Fsp3) is 0.357. The molecule has 1 aliphatic heterocycles. The van der Waals surface area contributed by atoms with Crippen molar-refractivity contribution in [2.75, 3.05) is 17.3 Å². The molecule has 0 saturated carbocycles. The van der Waals surface area contributed by atoms with Crippen LogP contribution in [0.25, 0.3) is 0 Å². The maximum atomic E-state index is 12.9. The molecule has 0 aliphatic carbocycles. The van der Waals surface area contributed by atoms with Crippen molar-refractivity contribution in [3.8, 4) is 0 Å². The normalized spacial score (nSPS) is 18.2. The van der Waals surface area contributed by atoms with Gasteiger partial charge in [-0.2, -0.15) is 0 Å². The third kappa shape index (κ3) is 3.60. The maximum Gasteiger partial charge on any atom is 0.315 e. The highest BCUT2D eigenvalue weighted by Gasteiger charge is 2.40. The number of carbonyl (C=O) groups excluding carboxylic acids is 3. The number of esters is 1. The smallest absolute Gasteiger partial charge is 0.315 e. The molecule has 112 valence electrons. The summed E-state index contributed by atoms with van der Waals surface area (Å²) in [6.45, 7) is 1.97. The summed E-state index contributed by atoms with van der Waals surface area (Å²) < 4.78 is 17.7. The monoisotopic (exact) mass is 311 g/mol. The number of carbonyl (C=O) groups is 3. The molecule has 1 atom stereocenters. The molecule has 0 spiro atoms. The molecule has 7 heteroatoms. The van der Waals surface area contributed by atoms with Crippen molar-refractivity contribution in [1.29, 1.82) is 0 Å². The van der Waals surface area contributed by atoms with Crippen molar-refractivity contribution in [3.05, 3.63) is 30.1 Å². The van der Waals surface area contributed by atoms with Crippen molar-refractivity contribution >= 4 is 35.2 Å². The summed E-state index contributed by atoms with van der Waals surface area (Å²) in [5, 5.41) is -0.605. The number of hydrogen-bond donors (Lipinski definition) is 0. The lowest BCUT2D eigenvalue weighted by Crippen LogP contribution is -2.31. The molecule has 1 unspecified atom stereocenters. The molecule has 5 nitrogen and oxygen atoms in total. The Kier molecular flexibility index (Phi) is 4.95. The highest BCUT2D eigenvalue weighted by atomic mass is 32.2. The minimum Gasteiger partial charge on any atom is -0.465 e. The number of ether oxygens (including phenoxy) is 1. The second kappa shape index (κ2) is 6.71. The first-order chi connectivity index (χ1) is 10.0. The van der Waals surface area contributed by atoms with Gasteiger partial charge in [0.1, 0.15) is 5.82 Å². The Labute approximate surface area is 125 Å². The largest absolute Gasteiger partial charge is 0.465 e.